The van der Waals surface area contributed by atoms with E-state index in [1.165, 1.54) is 24.2 Å². The van der Waals surface area contributed by atoms with Crippen molar-refractivity contribution in [2.24, 2.45) is 5.92 Å². The number of aliphatic hydroxyl groups is 1. The molecule has 20 heavy (non-hydrogen) atoms. The van der Waals surface area contributed by atoms with Gasteiger partial charge in [-0.1, -0.05) is 11.8 Å². The molecule has 0 atom stereocenters. The molecule has 1 aromatic rings. The molecule has 0 aliphatic heterocycles. The van der Waals surface area contributed by atoms with E-state index >= 15 is 0 Å². The molecule has 2 fully saturated rings. The molecule has 4 heteroatoms. The molecule has 106 valence electrons. The van der Waals surface area contributed by atoms with E-state index in [2.05, 4.69) is 16.7 Å². The van der Waals surface area contributed by atoms with Crippen LogP contribution in [0.15, 0.2) is 6.07 Å². The maximum atomic E-state index is 12.7. The molecule has 0 unspecified atom stereocenters. The summed E-state index contributed by atoms with van der Waals surface area (Å²) in [6, 6.07) is 2.41. The highest BCUT2D eigenvalue weighted by molar-refractivity contribution is 7.14. The number of aryl methyl sites for hydroxylation is 1. The molecule has 0 spiro atoms. The zero-order valence-electron chi connectivity index (χ0n) is 11.7. The number of hydrogen-bond donors (Lipinski definition) is 1. The zero-order chi connectivity index (χ0) is 14.1. The van der Waals surface area contributed by atoms with Crippen LogP contribution in [0.2, 0.25) is 0 Å². The van der Waals surface area contributed by atoms with Crippen LogP contribution in [-0.2, 0) is 0 Å². The summed E-state index contributed by atoms with van der Waals surface area (Å²) in [4.78, 5) is 16.4. The highest BCUT2D eigenvalue weighted by Crippen LogP contribution is 2.36. The Morgan fingerprint density at radius 1 is 1.45 bits per heavy atom. The van der Waals surface area contributed by atoms with Gasteiger partial charge in [0.15, 0.2) is 0 Å². The quantitative estimate of drug-likeness (QED) is 0.865. The van der Waals surface area contributed by atoms with Crippen LogP contribution in [0, 0.1) is 24.7 Å². The Bertz CT molecular complexity index is 573. The number of amides is 1. The monoisotopic (exact) mass is 289 g/mol. The number of carbonyl (C=O) groups excluding carboxylic acids is 1. The summed E-state index contributed by atoms with van der Waals surface area (Å²) in [5.74, 6) is 6.48. The summed E-state index contributed by atoms with van der Waals surface area (Å²) in [6.07, 6.45) is 4.85. The number of rotatable bonds is 4. The Balaban J connectivity index is 1.77. The van der Waals surface area contributed by atoms with Gasteiger partial charge < -0.3 is 10.0 Å². The first kappa shape index (κ1) is 13.7. The lowest BCUT2D eigenvalue weighted by molar-refractivity contribution is 0.0739. The summed E-state index contributed by atoms with van der Waals surface area (Å²) in [5, 5.41) is 8.77. The lowest BCUT2D eigenvalue weighted by Gasteiger charge is -2.21. The fourth-order valence-electron chi connectivity index (χ4n) is 2.34. The SMILES string of the molecule is Cc1cc(C(=O)N(CC2CC2)C2CC2)sc1C#CCO. The van der Waals surface area contributed by atoms with Crippen LogP contribution in [0.3, 0.4) is 0 Å². The maximum absolute atomic E-state index is 12.7. The van der Waals surface area contributed by atoms with Gasteiger partial charge in [0.05, 0.1) is 9.75 Å². The first-order valence-corrected chi connectivity index (χ1v) is 8.02. The smallest absolute Gasteiger partial charge is 0.264 e. The number of carbonyl (C=O) groups is 1. The molecule has 3 nitrogen and oxygen atoms in total. The predicted octanol–water partition coefficient (Wildman–Crippen LogP) is 2.41. The van der Waals surface area contributed by atoms with E-state index in [9.17, 15) is 4.79 Å². The summed E-state index contributed by atoms with van der Waals surface area (Å²) in [7, 11) is 0. The summed E-state index contributed by atoms with van der Waals surface area (Å²) in [5.41, 5.74) is 1.03. The van der Waals surface area contributed by atoms with Crippen LogP contribution in [0.25, 0.3) is 0 Å². The minimum Gasteiger partial charge on any atom is -0.384 e. The maximum Gasteiger partial charge on any atom is 0.264 e. The van der Waals surface area contributed by atoms with Gasteiger partial charge in [-0.15, -0.1) is 11.3 Å². The summed E-state index contributed by atoms with van der Waals surface area (Å²) >= 11 is 1.45. The van der Waals surface area contributed by atoms with E-state index in [4.69, 9.17) is 5.11 Å². The zero-order valence-corrected chi connectivity index (χ0v) is 12.5. The summed E-state index contributed by atoms with van der Waals surface area (Å²) in [6.45, 7) is 2.76. The van der Waals surface area contributed by atoms with Gasteiger partial charge in [0.1, 0.15) is 6.61 Å². The molecule has 0 radical (unpaired) electrons. The first-order valence-electron chi connectivity index (χ1n) is 7.20. The van der Waals surface area contributed by atoms with Crippen LogP contribution < -0.4 is 0 Å². The van der Waals surface area contributed by atoms with Gasteiger partial charge in [0.2, 0.25) is 0 Å². The van der Waals surface area contributed by atoms with Crippen molar-refractivity contribution < 1.29 is 9.90 Å². The minimum atomic E-state index is -0.142. The molecule has 1 amide bonds. The Labute approximate surface area is 123 Å². The lowest BCUT2D eigenvalue weighted by Crippen LogP contribution is -2.34. The molecule has 0 saturated heterocycles. The Morgan fingerprint density at radius 2 is 2.20 bits per heavy atom. The van der Waals surface area contributed by atoms with Crippen LogP contribution in [-0.4, -0.2) is 35.1 Å². The molecular weight excluding hydrogens is 270 g/mol. The molecule has 2 saturated carbocycles. The van der Waals surface area contributed by atoms with Gasteiger partial charge in [0.25, 0.3) is 5.91 Å². The van der Waals surface area contributed by atoms with E-state index in [0.29, 0.717) is 6.04 Å². The number of nitrogens with zero attached hydrogens (tertiary/aromatic N) is 1. The highest BCUT2D eigenvalue weighted by Gasteiger charge is 2.37. The third-order valence-corrected chi connectivity index (χ3v) is 4.95. The van der Waals surface area contributed by atoms with Crippen molar-refractivity contribution >= 4 is 17.2 Å². The van der Waals surface area contributed by atoms with Crippen molar-refractivity contribution in [1.29, 1.82) is 0 Å². The van der Waals surface area contributed by atoms with Crippen molar-refractivity contribution in [3.63, 3.8) is 0 Å². The molecular formula is C16H19NO2S. The van der Waals surface area contributed by atoms with E-state index in [0.717, 1.165) is 40.6 Å². The Kier molecular flexibility index (Phi) is 3.82. The number of aliphatic hydroxyl groups excluding tert-OH is 1. The van der Waals surface area contributed by atoms with E-state index < -0.39 is 0 Å². The molecule has 2 aliphatic carbocycles. The molecule has 1 aromatic heterocycles. The van der Waals surface area contributed by atoms with Crippen molar-refractivity contribution in [3.05, 3.63) is 21.4 Å². The number of hydrogen-bond acceptors (Lipinski definition) is 3. The van der Waals surface area contributed by atoms with Crippen LogP contribution in [0.4, 0.5) is 0 Å². The number of thiophene rings is 1. The third kappa shape index (κ3) is 3.05. The average Bonchev–Trinajstić information content (AvgIpc) is 3.32. The second kappa shape index (κ2) is 5.59. The van der Waals surface area contributed by atoms with Gasteiger partial charge in [-0.3, -0.25) is 4.79 Å². The van der Waals surface area contributed by atoms with Gasteiger partial charge in [-0.25, -0.2) is 0 Å². The molecule has 1 heterocycles. The molecule has 0 aromatic carbocycles. The molecule has 2 aliphatic rings. The van der Waals surface area contributed by atoms with E-state index in [1.807, 2.05) is 13.0 Å². The van der Waals surface area contributed by atoms with Crippen molar-refractivity contribution in [2.45, 2.75) is 38.6 Å². The predicted molar refractivity (Wildman–Crippen MR) is 79.8 cm³/mol. The topological polar surface area (TPSA) is 40.5 Å². The van der Waals surface area contributed by atoms with Crippen molar-refractivity contribution in [1.82, 2.24) is 4.90 Å². The fraction of sp³-hybridized carbons (Fsp3) is 0.562. The van der Waals surface area contributed by atoms with E-state index in [-0.39, 0.29) is 12.5 Å². The normalized spacial score (nSPS) is 17.5. The largest absolute Gasteiger partial charge is 0.384 e. The molecule has 3 rings (SSSR count). The highest BCUT2D eigenvalue weighted by atomic mass is 32.1. The minimum absolute atomic E-state index is 0.142. The Hall–Kier alpha value is -1.31. The van der Waals surface area contributed by atoms with Crippen LogP contribution in [0.1, 0.15) is 45.8 Å². The molecule has 0 bridgehead atoms. The first-order chi connectivity index (χ1) is 9.69. The van der Waals surface area contributed by atoms with Gasteiger partial charge in [0, 0.05) is 12.6 Å². The lowest BCUT2D eigenvalue weighted by atomic mass is 10.2. The van der Waals surface area contributed by atoms with Gasteiger partial charge >= 0.3 is 0 Å². The van der Waals surface area contributed by atoms with Gasteiger partial charge in [-0.2, -0.15) is 0 Å². The fourth-order valence-corrected chi connectivity index (χ4v) is 3.34. The average molecular weight is 289 g/mol. The van der Waals surface area contributed by atoms with Crippen LogP contribution >= 0.6 is 11.3 Å². The van der Waals surface area contributed by atoms with Crippen LogP contribution in [0.5, 0.6) is 0 Å². The molecule has 1 N–H and O–H groups in total. The standard InChI is InChI=1S/C16H19NO2S/c1-11-9-15(20-14(11)3-2-8-18)16(19)17(13-6-7-13)10-12-4-5-12/h9,12-13,18H,4-8,10H2,1H3. The second-order valence-corrected chi connectivity index (χ2v) is 6.77. The Morgan fingerprint density at radius 3 is 2.80 bits per heavy atom. The van der Waals surface area contributed by atoms with Crippen molar-refractivity contribution in [2.75, 3.05) is 13.2 Å². The van der Waals surface area contributed by atoms with Gasteiger partial charge in [-0.05, 0) is 50.2 Å². The van der Waals surface area contributed by atoms with E-state index in [1.54, 1.807) is 0 Å². The van der Waals surface area contributed by atoms with Crippen molar-refractivity contribution in [3.8, 4) is 11.8 Å². The third-order valence-electron chi connectivity index (χ3n) is 3.81. The summed E-state index contributed by atoms with van der Waals surface area (Å²) < 4.78 is 0. The second-order valence-electron chi connectivity index (χ2n) is 5.71.